The maximum Gasteiger partial charge on any atom is 0.154 e. The van der Waals surface area contributed by atoms with Crippen LogP contribution in [0.3, 0.4) is 0 Å². The van der Waals surface area contributed by atoms with E-state index in [2.05, 4.69) is 12.2 Å². The van der Waals surface area contributed by atoms with Crippen molar-refractivity contribution in [2.45, 2.75) is 25.8 Å². The molecule has 1 N–H and O–H groups in total. The Hall–Kier alpha value is -0.170. The van der Waals surface area contributed by atoms with Crippen molar-refractivity contribution in [2.24, 2.45) is 5.92 Å². The van der Waals surface area contributed by atoms with Gasteiger partial charge in [-0.1, -0.05) is 6.92 Å². The highest BCUT2D eigenvalue weighted by Crippen LogP contribution is 2.18. The number of methoxy groups -OCH3 is 1. The summed E-state index contributed by atoms with van der Waals surface area (Å²) in [7, 11) is -1.53. The molecular formula is C12H25NO4S. The van der Waals surface area contributed by atoms with Gasteiger partial charge in [-0.2, -0.15) is 0 Å². The van der Waals surface area contributed by atoms with Crippen LogP contribution < -0.4 is 5.32 Å². The lowest BCUT2D eigenvalue weighted by atomic mass is 10.0. The number of ether oxygens (including phenoxy) is 2. The van der Waals surface area contributed by atoms with Crippen LogP contribution in [-0.2, 0) is 19.3 Å². The average Bonchev–Trinajstić information content (AvgIpc) is 2.85. The van der Waals surface area contributed by atoms with Gasteiger partial charge in [-0.3, -0.25) is 0 Å². The predicted molar refractivity (Wildman–Crippen MR) is 71.5 cm³/mol. The van der Waals surface area contributed by atoms with Gasteiger partial charge in [0, 0.05) is 25.7 Å². The van der Waals surface area contributed by atoms with Crippen LogP contribution in [0.1, 0.15) is 19.8 Å². The van der Waals surface area contributed by atoms with E-state index in [0.29, 0.717) is 12.5 Å². The van der Waals surface area contributed by atoms with Crippen LogP contribution in [0.2, 0.25) is 0 Å². The molecule has 5 nitrogen and oxygen atoms in total. The van der Waals surface area contributed by atoms with Crippen molar-refractivity contribution in [1.29, 1.82) is 0 Å². The summed E-state index contributed by atoms with van der Waals surface area (Å²) in [5.74, 6) is 0.597. The minimum atomic E-state index is -3.05. The van der Waals surface area contributed by atoms with E-state index in [0.717, 1.165) is 26.0 Å². The van der Waals surface area contributed by atoms with Crippen molar-refractivity contribution >= 4 is 9.84 Å². The third-order valence-corrected chi connectivity index (χ3v) is 4.88. The van der Waals surface area contributed by atoms with Gasteiger partial charge in [-0.25, -0.2) is 8.42 Å². The second-order valence-corrected chi connectivity index (χ2v) is 7.02. The highest BCUT2D eigenvalue weighted by Gasteiger charge is 2.29. The molecule has 2 atom stereocenters. The minimum Gasteiger partial charge on any atom is -0.384 e. The second kappa shape index (κ2) is 8.09. The molecule has 0 aliphatic carbocycles. The molecule has 0 spiro atoms. The van der Waals surface area contributed by atoms with Crippen LogP contribution in [0, 0.1) is 5.92 Å². The smallest absolute Gasteiger partial charge is 0.154 e. The third-order valence-electron chi connectivity index (χ3n) is 3.22. The highest BCUT2D eigenvalue weighted by atomic mass is 32.2. The van der Waals surface area contributed by atoms with Gasteiger partial charge in [0.05, 0.1) is 24.7 Å². The van der Waals surface area contributed by atoms with Crippen molar-refractivity contribution < 1.29 is 17.9 Å². The zero-order chi connectivity index (χ0) is 13.4. The summed E-state index contributed by atoms with van der Waals surface area (Å²) in [6.07, 6.45) is 1.95. The molecule has 18 heavy (non-hydrogen) atoms. The van der Waals surface area contributed by atoms with E-state index in [1.807, 2.05) is 0 Å². The second-order valence-electron chi connectivity index (χ2n) is 4.79. The molecule has 0 aromatic carbocycles. The monoisotopic (exact) mass is 279 g/mol. The Balaban J connectivity index is 2.53. The van der Waals surface area contributed by atoms with Crippen molar-refractivity contribution in [2.75, 3.05) is 45.0 Å². The first-order chi connectivity index (χ1) is 8.59. The number of hydrogen-bond donors (Lipinski definition) is 1. The van der Waals surface area contributed by atoms with Gasteiger partial charge >= 0.3 is 0 Å². The summed E-state index contributed by atoms with van der Waals surface area (Å²) >= 11 is 0. The number of nitrogens with one attached hydrogen (secondary N) is 1. The van der Waals surface area contributed by atoms with Crippen molar-refractivity contribution in [3.05, 3.63) is 0 Å². The molecule has 0 aromatic rings. The number of sulfone groups is 1. The molecule has 0 radical (unpaired) electrons. The molecule has 0 saturated carbocycles. The summed E-state index contributed by atoms with van der Waals surface area (Å²) in [5.41, 5.74) is 0. The van der Waals surface area contributed by atoms with Crippen LogP contribution in [0.5, 0.6) is 0 Å². The van der Waals surface area contributed by atoms with E-state index >= 15 is 0 Å². The van der Waals surface area contributed by atoms with Gasteiger partial charge in [0.1, 0.15) is 0 Å². The van der Waals surface area contributed by atoms with Gasteiger partial charge < -0.3 is 14.8 Å². The molecule has 1 aliphatic rings. The lowest BCUT2D eigenvalue weighted by Crippen LogP contribution is -2.43. The summed E-state index contributed by atoms with van der Waals surface area (Å²) in [4.78, 5) is 0. The van der Waals surface area contributed by atoms with Gasteiger partial charge in [0.25, 0.3) is 0 Å². The van der Waals surface area contributed by atoms with Crippen molar-refractivity contribution in [3.63, 3.8) is 0 Å². The van der Waals surface area contributed by atoms with Gasteiger partial charge in [0.15, 0.2) is 9.84 Å². The predicted octanol–water partition coefficient (Wildman–Crippen LogP) is 0.452. The minimum absolute atomic E-state index is 0.00862. The molecular weight excluding hydrogens is 254 g/mol. The summed E-state index contributed by atoms with van der Waals surface area (Å²) < 4.78 is 34.1. The Morgan fingerprint density at radius 3 is 2.83 bits per heavy atom. The topological polar surface area (TPSA) is 64.6 Å². The van der Waals surface area contributed by atoms with Crippen molar-refractivity contribution in [1.82, 2.24) is 5.32 Å². The van der Waals surface area contributed by atoms with Crippen LogP contribution in [0.25, 0.3) is 0 Å². The van der Waals surface area contributed by atoms with Gasteiger partial charge in [-0.05, 0) is 19.4 Å². The fraction of sp³-hybridized carbons (Fsp3) is 1.00. The quantitative estimate of drug-likeness (QED) is 0.664. The Morgan fingerprint density at radius 2 is 2.28 bits per heavy atom. The van der Waals surface area contributed by atoms with Gasteiger partial charge in [-0.15, -0.1) is 0 Å². The molecule has 2 unspecified atom stereocenters. The Morgan fingerprint density at radius 1 is 1.50 bits per heavy atom. The third kappa shape index (κ3) is 5.65. The molecule has 1 heterocycles. The average molecular weight is 279 g/mol. The first kappa shape index (κ1) is 15.9. The highest BCUT2D eigenvalue weighted by molar-refractivity contribution is 7.91. The standard InChI is InChI=1S/C12H25NO4S/c1-3-5-13-12(11-4-6-17-9-11)10-18(14,15)8-7-16-2/h11-13H,3-10H2,1-2H3. The molecule has 1 fully saturated rings. The molecule has 1 saturated heterocycles. The summed E-state index contributed by atoms with van der Waals surface area (Å²) in [6, 6.07) is 0.00862. The molecule has 1 rings (SSSR count). The van der Waals surface area contributed by atoms with Crippen LogP contribution in [0.15, 0.2) is 0 Å². The fourth-order valence-electron chi connectivity index (χ4n) is 2.13. The number of rotatable bonds is 9. The van der Waals surface area contributed by atoms with E-state index in [4.69, 9.17) is 9.47 Å². The molecule has 1 aliphatic heterocycles. The van der Waals surface area contributed by atoms with E-state index in [9.17, 15) is 8.42 Å². The van der Waals surface area contributed by atoms with Gasteiger partial charge in [0.2, 0.25) is 0 Å². The van der Waals surface area contributed by atoms with E-state index < -0.39 is 9.84 Å². The molecule has 0 bridgehead atoms. The molecule has 0 aromatic heterocycles. The van der Waals surface area contributed by atoms with Crippen LogP contribution in [0.4, 0.5) is 0 Å². The lowest BCUT2D eigenvalue weighted by molar-refractivity contribution is 0.178. The zero-order valence-electron chi connectivity index (χ0n) is 11.4. The molecule has 6 heteroatoms. The van der Waals surface area contributed by atoms with Crippen LogP contribution in [-0.4, -0.2) is 59.4 Å². The summed E-state index contributed by atoms with van der Waals surface area (Å²) in [6.45, 7) is 4.61. The molecule has 0 amide bonds. The fourth-order valence-corrected chi connectivity index (χ4v) is 3.65. The molecule has 108 valence electrons. The van der Waals surface area contributed by atoms with E-state index in [1.54, 1.807) is 0 Å². The van der Waals surface area contributed by atoms with Crippen molar-refractivity contribution in [3.8, 4) is 0 Å². The lowest BCUT2D eigenvalue weighted by Gasteiger charge is -2.23. The Bertz CT molecular complexity index is 312. The Labute approximate surface area is 110 Å². The maximum absolute atomic E-state index is 12.0. The number of hydrogen-bond acceptors (Lipinski definition) is 5. The zero-order valence-corrected chi connectivity index (χ0v) is 12.2. The normalized spacial score (nSPS) is 22.2. The van der Waals surface area contributed by atoms with E-state index in [-0.39, 0.29) is 24.2 Å². The first-order valence-corrected chi connectivity index (χ1v) is 8.41. The summed E-state index contributed by atoms with van der Waals surface area (Å²) in [5, 5.41) is 3.34. The largest absolute Gasteiger partial charge is 0.384 e. The maximum atomic E-state index is 12.0. The Kier molecular flexibility index (Phi) is 7.14. The first-order valence-electron chi connectivity index (χ1n) is 6.59. The van der Waals surface area contributed by atoms with E-state index in [1.165, 1.54) is 7.11 Å². The van der Waals surface area contributed by atoms with Crippen LogP contribution >= 0.6 is 0 Å². The SMILES string of the molecule is CCCNC(CS(=O)(=O)CCOC)C1CCOC1.